The predicted molar refractivity (Wildman–Crippen MR) is 134 cm³/mol. The van der Waals surface area contributed by atoms with E-state index in [2.05, 4.69) is 21.2 Å². The summed E-state index contributed by atoms with van der Waals surface area (Å²) in [5, 5.41) is 8.83. The van der Waals surface area contributed by atoms with Crippen molar-refractivity contribution in [3.63, 3.8) is 0 Å². The van der Waals surface area contributed by atoms with E-state index in [9.17, 15) is 24.0 Å². The Labute approximate surface area is 213 Å². The third-order valence-electron chi connectivity index (χ3n) is 7.30. The van der Waals surface area contributed by atoms with Crippen LogP contribution in [0, 0.1) is 17.8 Å². The van der Waals surface area contributed by atoms with Crippen LogP contribution in [0.2, 0.25) is 0 Å². The molecule has 0 unspecified atom stereocenters. The Kier molecular flexibility index (Phi) is 6.80. The lowest BCUT2D eigenvalue weighted by Crippen LogP contribution is -2.62. The molecule has 2 aliphatic carbocycles. The molecular formula is C27H27N5O5. The van der Waals surface area contributed by atoms with Gasteiger partial charge in [0, 0.05) is 23.5 Å². The molecule has 4 atom stereocenters. The van der Waals surface area contributed by atoms with Gasteiger partial charge in [0.2, 0.25) is 17.7 Å². The predicted octanol–water partition coefficient (Wildman–Crippen LogP) is 2.47. The van der Waals surface area contributed by atoms with Crippen molar-refractivity contribution >= 4 is 41.6 Å². The van der Waals surface area contributed by atoms with Crippen molar-refractivity contribution < 1.29 is 24.0 Å². The monoisotopic (exact) mass is 501 g/mol. The molecule has 5 rings (SSSR count). The van der Waals surface area contributed by atoms with Gasteiger partial charge >= 0.3 is 6.03 Å². The largest absolute Gasteiger partial charge is 0.331 e. The molecule has 1 heterocycles. The van der Waals surface area contributed by atoms with E-state index in [0.29, 0.717) is 11.6 Å². The Bertz CT molecular complexity index is 1260. The van der Waals surface area contributed by atoms with Gasteiger partial charge in [-0.2, -0.15) is 5.10 Å². The number of imide groups is 2. The van der Waals surface area contributed by atoms with Gasteiger partial charge in [-0.3, -0.25) is 29.4 Å². The van der Waals surface area contributed by atoms with Crippen LogP contribution in [-0.4, -0.2) is 46.8 Å². The van der Waals surface area contributed by atoms with E-state index in [4.69, 9.17) is 0 Å². The third-order valence-corrected chi connectivity index (χ3v) is 7.30. The van der Waals surface area contributed by atoms with E-state index < -0.39 is 29.7 Å². The number of fused-ring (bicyclic) bond motifs is 2. The highest BCUT2D eigenvalue weighted by atomic mass is 16.2. The number of benzene rings is 2. The lowest BCUT2D eigenvalue weighted by atomic mass is 9.92. The first-order chi connectivity index (χ1) is 17.9. The van der Waals surface area contributed by atoms with Crippen LogP contribution in [-0.2, 0) is 20.8 Å². The van der Waals surface area contributed by atoms with E-state index in [0.717, 1.165) is 37.5 Å². The molecule has 0 aromatic heterocycles. The summed E-state index contributed by atoms with van der Waals surface area (Å²) < 4.78 is 0. The number of nitrogens with zero attached hydrogens (tertiary/aromatic N) is 2. The molecule has 2 saturated carbocycles. The molecular weight excluding hydrogens is 474 g/mol. The average molecular weight is 502 g/mol. The number of urea groups is 1. The van der Waals surface area contributed by atoms with Crippen LogP contribution in [0.5, 0.6) is 0 Å². The van der Waals surface area contributed by atoms with E-state index in [-0.39, 0.29) is 29.9 Å². The fourth-order valence-electron chi connectivity index (χ4n) is 5.50. The maximum atomic E-state index is 13.0. The molecule has 37 heavy (non-hydrogen) atoms. The lowest BCUT2D eigenvalue weighted by Gasteiger charge is -2.36. The number of hydrazone groups is 1. The average Bonchev–Trinajstić information content (AvgIpc) is 3.51. The minimum absolute atomic E-state index is 0.179. The van der Waals surface area contributed by atoms with Crippen molar-refractivity contribution in [2.45, 2.75) is 38.1 Å². The molecule has 10 heteroatoms. The number of nitrogens with one attached hydrogen (secondary N) is 3. The van der Waals surface area contributed by atoms with Crippen molar-refractivity contribution in [3.8, 4) is 0 Å². The standard InChI is InChI=1S/C27H27N5O5/c33-23(14-16-4-2-1-3-5-16)29-20-10-8-18(9-11-20)24(34)31-28-15-21-25(35)30-27(37)32(26(21)36)22-13-17-6-7-19(22)12-17/h1-5,8-11,15,17,19,21-22H,6-7,12-14H2,(H,29,33)(H,31,34)(H,30,35,37)/b28-15-/t17-,19-,21-,22+/m0/s1. The number of hydrogen-bond donors (Lipinski definition) is 3. The summed E-state index contributed by atoms with van der Waals surface area (Å²) in [6, 6.07) is 14.7. The molecule has 0 radical (unpaired) electrons. The maximum Gasteiger partial charge on any atom is 0.331 e. The van der Waals surface area contributed by atoms with Gasteiger partial charge in [-0.05, 0) is 60.9 Å². The van der Waals surface area contributed by atoms with Crippen LogP contribution in [0.3, 0.4) is 0 Å². The van der Waals surface area contributed by atoms with Gasteiger partial charge in [-0.1, -0.05) is 36.8 Å². The van der Waals surface area contributed by atoms with Gasteiger partial charge in [0.15, 0.2) is 5.92 Å². The Hall–Kier alpha value is -4.34. The first-order valence-corrected chi connectivity index (χ1v) is 12.3. The molecule has 3 N–H and O–H groups in total. The molecule has 3 fully saturated rings. The van der Waals surface area contributed by atoms with Crippen molar-refractivity contribution in [1.82, 2.24) is 15.6 Å². The van der Waals surface area contributed by atoms with E-state index in [1.807, 2.05) is 30.3 Å². The van der Waals surface area contributed by atoms with E-state index in [1.165, 1.54) is 17.0 Å². The van der Waals surface area contributed by atoms with Crippen LogP contribution in [0.15, 0.2) is 59.7 Å². The van der Waals surface area contributed by atoms with Gasteiger partial charge < -0.3 is 5.32 Å². The Balaban J connectivity index is 1.16. The van der Waals surface area contributed by atoms with Gasteiger partial charge in [0.25, 0.3) is 5.91 Å². The summed E-state index contributed by atoms with van der Waals surface area (Å²) in [4.78, 5) is 63.6. The second-order valence-corrected chi connectivity index (χ2v) is 9.73. The highest BCUT2D eigenvalue weighted by Gasteiger charge is 2.50. The molecule has 0 spiro atoms. The zero-order valence-corrected chi connectivity index (χ0v) is 20.1. The smallest absolute Gasteiger partial charge is 0.326 e. The van der Waals surface area contributed by atoms with Gasteiger partial charge in [0.1, 0.15) is 0 Å². The summed E-state index contributed by atoms with van der Waals surface area (Å²) >= 11 is 0. The summed E-state index contributed by atoms with van der Waals surface area (Å²) in [5.74, 6) is -2.61. The number of rotatable bonds is 7. The molecule has 3 aliphatic rings. The number of carbonyl (C=O) groups excluding carboxylic acids is 5. The summed E-state index contributed by atoms with van der Waals surface area (Å²) in [6.07, 6.45) is 5.14. The third kappa shape index (κ3) is 5.28. The quantitative estimate of drug-likeness (QED) is 0.304. The molecule has 190 valence electrons. The normalized spacial score (nSPS) is 24.9. The highest BCUT2D eigenvalue weighted by Crippen LogP contribution is 2.47. The number of amides is 6. The van der Waals surface area contributed by atoms with Crippen LogP contribution >= 0.6 is 0 Å². The molecule has 2 aromatic carbocycles. The molecule has 1 aliphatic heterocycles. The number of barbiturate groups is 1. The van der Waals surface area contributed by atoms with Gasteiger partial charge in [-0.25, -0.2) is 10.2 Å². The molecule has 2 bridgehead atoms. The van der Waals surface area contributed by atoms with Gasteiger partial charge in [-0.15, -0.1) is 0 Å². The fourth-order valence-corrected chi connectivity index (χ4v) is 5.50. The fraction of sp³-hybridized carbons (Fsp3) is 0.333. The van der Waals surface area contributed by atoms with E-state index >= 15 is 0 Å². The lowest BCUT2D eigenvalue weighted by molar-refractivity contribution is -0.141. The van der Waals surface area contributed by atoms with Crippen molar-refractivity contribution in [2.24, 2.45) is 22.9 Å². The number of hydrogen-bond acceptors (Lipinski definition) is 6. The summed E-state index contributed by atoms with van der Waals surface area (Å²) in [6.45, 7) is 0. The van der Waals surface area contributed by atoms with Crippen molar-refractivity contribution in [3.05, 3.63) is 65.7 Å². The Morgan fingerprint density at radius 3 is 2.43 bits per heavy atom. The van der Waals surface area contributed by atoms with Gasteiger partial charge in [0.05, 0.1) is 6.42 Å². The van der Waals surface area contributed by atoms with Crippen molar-refractivity contribution in [2.75, 3.05) is 5.32 Å². The van der Waals surface area contributed by atoms with Crippen LogP contribution in [0.25, 0.3) is 0 Å². The number of carbonyl (C=O) groups is 5. The Morgan fingerprint density at radius 1 is 1.00 bits per heavy atom. The second-order valence-electron chi connectivity index (χ2n) is 9.73. The van der Waals surface area contributed by atoms with E-state index in [1.54, 1.807) is 12.1 Å². The maximum absolute atomic E-state index is 13.0. The van der Waals surface area contributed by atoms with Crippen molar-refractivity contribution in [1.29, 1.82) is 0 Å². The second kappa shape index (κ2) is 10.3. The highest BCUT2D eigenvalue weighted by molar-refractivity contribution is 6.23. The first-order valence-electron chi connectivity index (χ1n) is 12.3. The van der Waals surface area contributed by atoms with Crippen LogP contribution in [0.1, 0.15) is 41.6 Å². The SMILES string of the molecule is O=C(Cc1ccccc1)Nc1ccc(C(=O)N/N=C\[C@H]2C(=O)NC(=O)N([C@@H]3C[C@H]4CC[C@H]3C4)C2=O)cc1. The zero-order valence-electron chi connectivity index (χ0n) is 20.1. The Morgan fingerprint density at radius 2 is 1.76 bits per heavy atom. The summed E-state index contributed by atoms with van der Waals surface area (Å²) in [5.41, 5.74) is 4.01. The van der Waals surface area contributed by atoms with Crippen LogP contribution < -0.4 is 16.1 Å². The minimum atomic E-state index is -1.29. The van der Waals surface area contributed by atoms with Crippen LogP contribution in [0.4, 0.5) is 10.5 Å². The molecule has 10 nitrogen and oxygen atoms in total. The minimum Gasteiger partial charge on any atom is -0.326 e. The first kappa shape index (κ1) is 24.4. The topological polar surface area (TPSA) is 137 Å². The number of anilines is 1. The molecule has 6 amide bonds. The molecule has 2 aromatic rings. The summed E-state index contributed by atoms with van der Waals surface area (Å²) in [7, 11) is 0. The molecule has 1 saturated heterocycles. The zero-order chi connectivity index (χ0) is 25.9.